The minimum atomic E-state index is 0.124. The molecule has 20 heavy (non-hydrogen) atoms. The summed E-state index contributed by atoms with van der Waals surface area (Å²) in [6, 6.07) is 0. The van der Waals surface area contributed by atoms with E-state index in [-0.39, 0.29) is 5.91 Å². The van der Waals surface area contributed by atoms with Gasteiger partial charge in [-0.2, -0.15) is 0 Å². The summed E-state index contributed by atoms with van der Waals surface area (Å²) in [7, 11) is 2.04. The number of carbonyl (C=O) groups excluding carboxylic acids is 1. The van der Waals surface area contributed by atoms with Gasteiger partial charge in [-0.25, -0.2) is 0 Å². The number of hydrogen-bond acceptors (Lipinski definition) is 3. The lowest BCUT2D eigenvalue weighted by atomic mass is 10.1. The minimum absolute atomic E-state index is 0.124. The van der Waals surface area contributed by atoms with Crippen molar-refractivity contribution in [2.75, 3.05) is 26.9 Å². The van der Waals surface area contributed by atoms with Gasteiger partial charge in [0.2, 0.25) is 5.91 Å². The maximum Gasteiger partial charge on any atom is 0.221 e. The normalized spacial score (nSPS) is 11.4. The fourth-order valence-corrected chi connectivity index (χ4v) is 1.97. The van der Waals surface area contributed by atoms with Gasteiger partial charge in [0.05, 0.1) is 6.67 Å². The van der Waals surface area contributed by atoms with Gasteiger partial charge < -0.3 is 10.4 Å². The number of hydrogen-bond donors (Lipinski definition) is 2. The summed E-state index contributed by atoms with van der Waals surface area (Å²) >= 11 is 0. The van der Waals surface area contributed by atoms with E-state index in [0.717, 1.165) is 25.8 Å². The Hall–Kier alpha value is -0.870. The molecule has 0 unspecified atom stereocenters. The third-order valence-electron chi connectivity index (χ3n) is 3.27. The minimum Gasteiger partial charge on any atom is -0.396 e. The first-order chi connectivity index (χ1) is 9.70. The summed E-state index contributed by atoms with van der Waals surface area (Å²) in [5, 5.41) is 11.6. The number of nitrogens with zero attached hydrogens (tertiary/aromatic N) is 1. The van der Waals surface area contributed by atoms with Gasteiger partial charge >= 0.3 is 0 Å². The zero-order valence-electron chi connectivity index (χ0n) is 13.2. The Morgan fingerprint density at radius 2 is 1.80 bits per heavy atom. The Morgan fingerprint density at radius 1 is 1.15 bits per heavy atom. The Labute approximate surface area is 124 Å². The van der Waals surface area contributed by atoms with Gasteiger partial charge in [-0.1, -0.05) is 37.8 Å². The number of aliphatic hydroxyl groups excluding tert-OH is 1. The Morgan fingerprint density at radius 3 is 2.45 bits per heavy atom. The van der Waals surface area contributed by atoms with E-state index < -0.39 is 0 Å². The second-order valence-electron chi connectivity index (χ2n) is 5.29. The maximum absolute atomic E-state index is 11.5. The summed E-state index contributed by atoms with van der Waals surface area (Å²) in [5.41, 5.74) is 0. The molecule has 4 heteroatoms. The second-order valence-corrected chi connectivity index (χ2v) is 5.29. The molecule has 0 aliphatic heterocycles. The van der Waals surface area contributed by atoms with Crippen LogP contribution in [-0.2, 0) is 4.79 Å². The fraction of sp³-hybridized carbons (Fsp3) is 0.812. The van der Waals surface area contributed by atoms with Crippen molar-refractivity contribution in [3.05, 3.63) is 12.2 Å². The SMILES string of the molecule is C/C=C/CCC(=O)NCN(C)CCCCCCCCO. The lowest BCUT2D eigenvalue weighted by Gasteiger charge is -2.17. The van der Waals surface area contributed by atoms with Crippen LogP contribution >= 0.6 is 0 Å². The van der Waals surface area contributed by atoms with Gasteiger partial charge in [0, 0.05) is 13.0 Å². The van der Waals surface area contributed by atoms with Crippen LogP contribution in [0, 0.1) is 0 Å². The van der Waals surface area contributed by atoms with Crippen LogP contribution < -0.4 is 5.32 Å². The highest BCUT2D eigenvalue weighted by Crippen LogP contribution is 2.05. The number of nitrogens with one attached hydrogen (secondary N) is 1. The fourth-order valence-electron chi connectivity index (χ4n) is 1.97. The van der Waals surface area contributed by atoms with Gasteiger partial charge in [0.15, 0.2) is 0 Å². The average Bonchev–Trinajstić information content (AvgIpc) is 2.44. The smallest absolute Gasteiger partial charge is 0.221 e. The van der Waals surface area contributed by atoms with Crippen LogP contribution in [0.5, 0.6) is 0 Å². The Kier molecular flexibility index (Phi) is 13.9. The first-order valence-corrected chi connectivity index (χ1v) is 7.88. The Balaban J connectivity index is 3.35. The third kappa shape index (κ3) is 13.6. The van der Waals surface area contributed by atoms with Crippen LogP contribution in [0.2, 0.25) is 0 Å². The molecule has 0 saturated heterocycles. The van der Waals surface area contributed by atoms with E-state index in [4.69, 9.17) is 5.11 Å². The number of amides is 1. The van der Waals surface area contributed by atoms with Crippen LogP contribution in [0.1, 0.15) is 58.3 Å². The topological polar surface area (TPSA) is 52.6 Å². The standard InChI is InChI=1S/C16H32N2O2/c1-3-4-9-12-16(20)17-15-18(2)13-10-7-5-6-8-11-14-19/h3-4,19H,5-15H2,1-2H3,(H,17,20)/b4-3+. The van der Waals surface area contributed by atoms with Crippen LogP contribution in [0.4, 0.5) is 0 Å². The van der Waals surface area contributed by atoms with Gasteiger partial charge in [-0.05, 0) is 39.8 Å². The summed E-state index contributed by atoms with van der Waals surface area (Å²) in [5.74, 6) is 0.124. The number of unbranched alkanes of at least 4 members (excludes halogenated alkanes) is 5. The van der Waals surface area contributed by atoms with E-state index in [9.17, 15) is 4.79 Å². The number of allylic oxidation sites excluding steroid dienone is 2. The molecular formula is C16H32N2O2. The summed E-state index contributed by atoms with van der Waals surface area (Å²) < 4.78 is 0. The molecule has 0 bridgehead atoms. The molecule has 0 aliphatic rings. The van der Waals surface area contributed by atoms with E-state index in [1.54, 1.807) is 0 Å². The molecule has 1 amide bonds. The lowest BCUT2D eigenvalue weighted by Crippen LogP contribution is -2.35. The first-order valence-electron chi connectivity index (χ1n) is 7.88. The maximum atomic E-state index is 11.5. The molecule has 0 aromatic heterocycles. The van der Waals surface area contributed by atoms with E-state index in [0.29, 0.717) is 19.7 Å². The van der Waals surface area contributed by atoms with Crippen molar-refractivity contribution in [1.29, 1.82) is 0 Å². The van der Waals surface area contributed by atoms with Gasteiger partial charge in [-0.15, -0.1) is 0 Å². The molecule has 0 aromatic rings. The summed E-state index contributed by atoms with van der Waals surface area (Å²) in [4.78, 5) is 13.7. The highest BCUT2D eigenvalue weighted by atomic mass is 16.2. The van der Waals surface area contributed by atoms with E-state index in [1.807, 2.05) is 26.1 Å². The molecule has 118 valence electrons. The molecule has 0 aromatic carbocycles. The molecule has 0 fully saturated rings. The number of carbonyl (C=O) groups is 1. The quantitative estimate of drug-likeness (QED) is 0.310. The van der Waals surface area contributed by atoms with E-state index in [1.165, 1.54) is 25.7 Å². The predicted molar refractivity (Wildman–Crippen MR) is 84.5 cm³/mol. The molecule has 0 radical (unpaired) electrons. The van der Waals surface area contributed by atoms with Crippen LogP contribution in [0.15, 0.2) is 12.2 Å². The van der Waals surface area contributed by atoms with Crippen molar-refractivity contribution in [3.63, 3.8) is 0 Å². The van der Waals surface area contributed by atoms with Crippen LogP contribution in [0.3, 0.4) is 0 Å². The monoisotopic (exact) mass is 284 g/mol. The zero-order valence-corrected chi connectivity index (χ0v) is 13.2. The van der Waals surface area contributed by atoms with Crippen LogP contribution in [0.25, 0.3) is 0 Å². The van der Waals surface area contributed by atoms with Crippen molar-refractivity contribution in [2.45, 2.75) is 58.3 Å². The zero-order chi connectivity index (χ0) is 15.1. The molecule has 0 spiro atoms. The van der Waals surface area contributed by atoms with Crippen molar-refractivity contribution < 1.29 is 9.90 Å². The summed E-state index contributed by atoms with van der Waals surface area (Å²) in [6.07, 6.45) is 12.3. The highest BCUT2D eigenvalue weighted by Gasteiger charge is 2.02. The lowest BCUT2D eigenvalue weighted by molar-refractivity contribution is -0.121. The first kappa shape index (κ1) is 19.1. The highest BCUT2D eigenvalue weighted by molar-refractivity contribution is 5.75. The average molecular weight is 284 g/mol. The Bertz CT molecular complexity index is 255. The van der Waals surface area contributed by atoms with E-state index >= 15 is 0 Å². The number of aliphatic hydroxyl groups is 1. The predicted octanol–water partition coefficient (Wildman–Crippen LogP) is 2.68. The molecule has 0 aliphatic carbocycles. The largest absolute Gasteiger partial charge is 0.396 e. The number of rotatable bonds is 13. The molecular weight excluding hydrogens is 252 g/mol. The molecule has 4 nitrogen and oxygen atoms in total. The van der Waals surface area contributed by atoms with Gasteiger partial charge in [-0.3, -0.25) is 9.69 Å². The molecule has 0 saturated carbocycles. The van der Waals surface area contributed by atoms with Crippen LogP contribution in [-0.4, -0.2) is 42.8 Å². The molecule has 0 atom stereocenters. The molecule has 2 N–H and O–H groups in total. The van der Waals surface area contributed by atoms with Gasteiger partial charge in [0.25, 0.3) is 0 Å². The molecule has 0 heterocycles. The summed E-state index contributed by atoms with van der Waals surface area (Å²) in [6.45, 7) is 3.94. The second kappa shape index (κ2) is 14.5. The van der Waals surface area contributed by atoms with Crippen molar-refractivity contribution in [1.82, 2.24) is 10.2 Å². The van der Waals surface area contributed by atoms with Crippen molar-refractivity contribution in [3.8, 4) is 0 Å². The van der Waals surface area contributed by atoms with Crippen molar-refractivity contribution >= 4 is 5.91 Å². The van der Waals surface area contributed by atoms with Crippen molar-refractivity contribution in [2.24, 2.45) is 0 Å². The van der Waals surface area contributed by atoms with Gasteiger partial charge in [0.1, 0.15) is 0 Å². The van der Waals surface area contributed by atoms with E-state index in [2.05, 4.69) is 10.2 Å². The molecule has 0 rings (SSSR count). The third-order valence-corrected chi connectivity index (χ3v) is 3.27.